The van der Waals surface area contributed by atoms with Gasteiger partial charge in [-0.15, -0.1) is 0 Å². The first-order valence-electron chi connectivity index (χ1n) is 7.53. The number of hydrogen-bond donors (Lipinski definition) is 1. The van der Waals surface area contributed by atoms with Crippen molar-refractivity contribution in [2.75, 3.05) is 24.0 Å². The summed E-state index contributed by atoms with van der Waals surface area (Å²) in [5, 5.41) is 7.35. The van der Waals surface area contributed by atoms with Crippen LogP contribution in [0.5, 0.6) is 0 Å². The van der Waals surface area contributed by atoms with E-state index in [9.17, 15) is 4.79 Å². The highest BCUT2D eigenvalue weighted by Crippen LogP contribution is 2.33. The molecule has 0 saturated carbocycles. The third-order valence-corrected chi connectivity index (χ3v) is 3.70. The number of aromatic nitrogens is 4. The molecule has 0 spiro atoms. The second-order valence-electron chi connectivity index (χ2n) is 5.37. The third-order valence-electron chi connectivity index (χ3n) is 3.70. The van der Waals surface area contributed by atoms with E-state index in [4.69, 9.17) is 9.57 Å². The van der Waals surface area contributed by atoms with Crippen LogP contribution >= 0.6 is 0 Å². The van der Waals surface area contributed by atoms with Gasteiger partial charge >= 0.3 is 5.97 Å². The summed E-state index contributed by atoms with van der Waals surface area (Å²) in [4.78, 5) is 27.5. The highest BCUT2D eigenvalue weighted by molar-refractivity contribution is 5.88. The molecule has 0 aliphatic carbocycles. The van der Waals surface area contributed by atoms with E-state index in [-0.39, 0.29) is 17.3 Å². The fourth-order valence-corrected chi connectivity index (χ4v) is 2.37. The first-order chi connectivity index (χ1) is 12.3. The fourth-order valence-electron chi connectivity index (χ4n) is 2.37. The van der Waals surface area contributed by atoms with Gasteiger partial charge in [-0.2, -0.15) is 4.98 Å². The standard InChI is InChI=1S/C15H14N6O4/c1-23-15(22)10-7-21(10)14-13(16-11-12(17-14)20-25-19-11)18-24-8-9-5-3-2-4-6-9/h2-6,10H,7-8H2,1H3,(H,16,18,19). The molecule has 4 rings (SSSR count). The molecule has 0 bridgehead atoms. The number of rotatable bonds is 6. The Morgan fingerprint density at radius 1 is 1.28 bits per heavy atom. The number of fused-ring (bicyclic) bond motifs is 1. The number of methoxy groups -OCH3 is 1. The summed E-state index contributed by atoms with van der Waals surface area (Å²) in [5.74, 6) is 0.411. The summed E-state index contributed by atoms with van der Waals surface area (Å²) >= 11 is 0. The van der Waals surface area contributed by atoms with Crippen LogP contribution in [0.2, 0.25) is 0 Å². The van der Waals surface area contributed by atoms with E-state index < -0.39 is 6.04 Å². The highest BCUT2D eigenvalue weighted by atomic mass is 16.6. The van der Waals surface area contributed by atoms with Gasteiger partial charge in [-0.1, -0.05) is 30.3 Å². The molecular weight excluding hydrogens is 328 g/mol. The average Bonchev–Trinajstić information content (AvgIpc) is 3.31. The largest absolute Gasteiger partial charge is 0.467 e. The zero-order chi connectivity index (χ0) is 17.2. The molecular formula is C15H14N6O4. The van der Waals surface area contributed by atoms with Crippen molar-refractivity contribution in [3.63, 3.8) is 0 Å². The molecule has 1 atom stereocenters. The van der Waals surface area contributed by atoms with Crippen molar-refractivity contribution in [3.05, 3.63) is 35.9 Å². The summed E-state index contributed by atoms with van der Waals surface area (Å²) in [6, 6.07) is 9.26. The van der Waals surface area contributed by atoms with Gasteiger partial charge in [0.15, 0.2) is 11.6 Å². The lowest BCUT2D eigenvalue weighted by Crippen LogP contribution is -2.16. The van der Waals surface area contributed by atoms with Crippen LogP contribution in [0.4, 0.5) is 11.6 Å². The second kappa shape index (κ2) is 6.32. The molecule has 0 amide bonds. The Balaban J connectivity index is 1.54. The summed E-state index contributed by atoms with van der Waals surface area (Å²) in [5.41, 5.74) is 4.25. The summed E-state index contributed by atoms with van der Waals surface area (Å²) < 4.78 is 9.39. The van der Waals surface area contributed by atoms with Crippen LogP contribution in [0.15, 0.2) is 35.0 Å². The average molecular weight is 342 g/mol. The first kappa shape index (κ1) is 15.3. The van der Waals surface area contributed by atoms with Crippen molar-refractivity contribution in [2.24, 2.45) is 0 Å². The van der Waals surface area contributed by atoms with Gasteiger partial charge in [0.25, 0.3) is 0 Å². The van der Waals surface area contributed by atoms with Gasteiger partial charge in [0.2, 0.25) is 11.3 Å². The fraction of sp³-hybridized carbons (Fsp3) is 0.267. The van der Waals surface area contributed by atoms with Gasteiger partial charge in [0, 0.05) is 0 Å². The van der Waals surface area contributed by atoms with E-state index in [1.165, 1.54) is 7.11 Å². The Labute approximate surface area is 141 Å². The first-order valence-corrected chi connectivity index (χ1v) is 7.53. The third kappa shape index (κ3) is 3.06. The predicted octanol–water partition coefficient (Wildman–Crippen LogP) is 0.918. The van der Waals surface area contributed by atoms with Crippen LogP contribution in [0.3, 0.4) is 0 Å². The van der Waals surface area contributed by atoms with E-state index in [1.807, 2.05) is 30.3 Å². The van der Waals surface area contributed by atoms with E-state index in [1.54, 1.807) is 4.90 Å². The monoisotopic (exact) mass is 342 g/mol. The Morgan fingerprint density at radius 3 is 2.80 bits per heavy atom. The maximum atomic E-state index is 11.7. The van der Waals surface area contributed by atoms with Crippen LogP contribution in [0.1, 0.15) is 5.56 Å². The lowest BCUT2D eigenvalue weighted by atomic mass is 10.2. The van der Waals surface area contributed by atoms with Gasteiger partial charge in [-0.05, 0) is 15.9 Å². The predicted molar refractivity (Wildman–Crippen MR) is 85.4 cm³/mol. The Morgan fingerprint density at radius 2 is 2.04 bits per heavy atom. The van der Waals surface area contributed by atoms with E-state index in [0.717, 1.165) is 5.56 Å². The van der Waals surface area contributed by atoms with Crippen molar-refractivity contribution >= 4 is 28.9 Å². The molecule has 0 radical (unpaired) electrons. The van der Waals surface area contributed by atoms with Gasteiger partial charge < -0.3 is 9.64 Å². The summed E-state index contributed by atoms with van der Waals surface area (Å²) in [6.45, 7) is 0.809. The number of anilines is 2. The van der Waals surface area contributed by atoms with Gasteiger partial charge in [-0.3, -0.25) is 4.84 Å². The summed E-state index contributed by atoms with van der Waals surface area (Å²) in [7, 11) is 1.34. The van der Waals surface area contributed by atoms with Crippen molar-refractivity contribution in [1.29, 1.82) is 0 Å². The minimum absolute atomic E-state index is 0.242. The number of ether oxygens (including phenoxy) is 1. The maximum absolute atomic E-state index is 11.7. The molecule has 25 heavy (non-hydrogen) atoms. The lowest BCUT2D eigenvalue weighted by Gasteiger charge is -2.11. The van der Waals surface area contributed by atoms with Gasteiger partial charge in [0.1, 0.15) is 6.04 Å². The number of nitrogens with one attached hydrogen (secondary N) is 1. The molecule has 10 heteroatoms. The molecule has 3 heterocycles. The van der Waals surface area contributed by atoms with Crippen LogP contribution in [-0.4, -0.2) is 45.9 Å². The van der Waals surface area contributed by atoms with Crippen molar-refractivity contribution in [1.82, 2.24) is 20.3 Å². The van der Waals surface area contributed by atoms with E-state index in [0.29, 0.717) is 24.8 Å². The van der Waals surface area contributed by atoms with Crippen LogP contribution in [-0.2, 0) is 21.0 Å². The number of hydrogen-bond acceptors (Lipinski definition) is 10. The minimum Gasteiger partial charge on any atom is -0.467 e. The Kier molecular flexibility index (Phi) is 3.86. The minimum atomic E-state index is -0.397. The van der Waals surface area contributed by atoms with Crippen LogP contribution in [0.25, 0.3) is 11.3 Å². The molecule has 1 N–H and O–H groups in total. The van der Waals surface area contributed by atoms with E-state index >= 15 is 0 Å². The van der Waals surface area contributed by atoms with Crippen LogP contribution in [0, 0.1) is 0 Å². The zero-order valence-corrected chi connectivity index (χ0v) is 13.2. The molecule has 1 unspecified atom stereocenters. The SMILES string of the molecule is COC(=O)C1CN1c1nc2nonc2nc1NOCc1ccccc1. The molecule has 1 aliphatic heterocycles. The number of carbonyl (C=O) groups excluding carboxylic acids is 1. The van der Waals surface area contributed by atoms with Crippen LogP contribution < -0.4 is 10.4 Å². The number of esters is 1. The number of carbonyl (C=O) groups is 1. The smallest absolute Gasteiger partial charge is 0.330 e. The van der Waals surface area contributed by atoms with Crippen molar-refractivity contribution in [3.8, 4) is 0 Å². The molecule has 1 aromatic carbocycles. The number of nitrogens with zero attached hydrogens (tertiary/aromatic N) is 5. The van der Waals surface area contributed by atoms with Crippen molar-refractivity contribution in [2.45, 2.75) is 12.6 Å². The second-order valence-corrected chi connectivity index (χ2v) is 5.37. The molecule has 1 aliphatic rings. The molecule has 1 saturated heterocycles. The Hall–Kier alpha value is -3.27. The number of benzene rings is 1. The van der Waals surface area contributed by atoms with Gasteiger partial charge in [-0.25, -0.2) is 19.9 Å². The van der Waals surface area contributed by atoms with E-state index in [2.05, 4.69) is 30.4 Å². The van der Waals surface area contributed by atoms with Gasteiger partial charge in [0.05, 0.1) is 20.3 Å². The molecule has 1 fully saturated rings. The quantitative estimate of drug-likeness (QED) is 0.394. The maximum Gasteiger partial charge on any atom is 0.330 e. The molecule has 128 valence electrons. The lowest BCUT2D eigenvalue weighted by molar-refractivity contribution is -0.139. The highest BCUT2D eigenvalue weighted by Gasteiger charge is 2.44. The normalized spacial score (nSPS) is 16.0. The molecule has 2 aromatic heterocycles. The Bertz CT molecular complexity index is 899. The molecule has 3 aromatic rings. The van der Waals surface area contributed by atoms with Crippen molar-refractivity contribution < 1.29 is 19.0 Å². The topological polar surface area (TPSA) is 115 Å². The zero-order valence-electron chi connectivity index (χ0n) is 13.2. The molecule has 10 nitrogen and oxygen atoms in total. The summed E-state index contributed by atoms with van der Waals surface area (Å²) in [6.07, 6.45) is 0.